The number of carbonyl (C=O) groups is 1. The van der Waals surface area contributed by atoms with Crippen LogP contribution in [0.25, 0.3) is 0 Å². The lowest BCUT2D eigenvalue weighted by Crippen LogP contribution is -2.44. The number of halogens is 1. The van der Waals surface area contributed by atoms with E-state index in [0.29, 0.717) is 23.7 Å². The van der Waals surface area contributed by atoms with Gasteiger partial charge in [0.05, 0.1) is 0 Å². The maximum Gasteiger partial charge on any atom is 0.225 e. The largest absolute Gasteiger partial charge is 0.342 e. The third-order valence-electron chi connectivity index (χ3n) is 3.54. The standard InChI is InChI=1S/C11H18ClNO/c1-7-5-9(7)11(14)13-4-3-10(12)8(2)6-13/h7-10H,3-6H2,1-2H3. The van der Waals surface area contributed by atoms with Gasteiger partial charge in [-0.3, -0.25) is 4.79 Å². The molecule has 1 aliphatic carbocycles. The molecule has 0 spiro atoms. The molecule has 1 heterocycles. The molecular formula is C11H18ClNO. The van der Waals surface area contributed by atoms with E-state index in [1.807, 2.05) is 4.90 Å². The van der Waals surface area contributed by atoms with Crippen LogP contribution in [0.5, 0.6) is 0 Å². The Labute approximate surface area is 90.6 Å². The zero-order valence-corrected chi connectivity index (χ0v) is 9.63. The number of hydrogen-bond donors (Lipinski definition) is 0. The van der Waals surface area contributed by atoms with E-state index in [2.05, 4.69) is 13.8 Å². The summed E-state index contributed by atoms with van der Waals surface area (Å²) in [4.78, 5) is 13.9. The van der Waals surface area contributed by atoms with Gasteiger partial charge in [0.2, 0.25) is 5.91 Å². The second-order valence-electron chi connectivity index (χ2n) is 4.89. The van der Waals surface area contributed by atoms with Gasteiger partial charge in [-0.25, -0.2) is 0 Å². The van der Waals surface area contributed by atoms with Gasteiger partial charge in [0.1, 0.15) is 0 Å². The van der Waals surface area contributed by atoms with Crippen LogP contribution in [0.4, 0.5) is 0 Å². The van der Waals surface area contributed by atoms with Gasteiger partial charge in [-0.1, -0.05) is 13.8 Å². The monoisotopic (exact) mass is 215 g/mol. The van der Waals surface area contributed by atoms with Gasteiger partial charge in [-0.05, 0) is 24.7 Å². The van der Waals surface area contributed by atoms with Gasteiger partial charge in [0.25, 0.3) is 0 Å². The topological polar surface area (TPSA) is 20.3 Å². The van der Waals surface area contributed by atoms with E-state index in [1.54, 1.807) is 0 Å². The van der Waals surface area contributed by atoms with E-state index >= 15 is 0 Å². The van der Waals surface area contributed by atoms with Crippen molar-refractivity contribution in [3.8, 4) is 0 Å². The van der Waals surface area contributed by atoms with Crippen LogP contribution in [-0.4, -0.2) is 29.3 Å². The number of likely N-dealkylation sites (tertiary alicyclic amines) is 1. The average Bonchev–Trinajstić information content (AvgIpc) is 2.86. The van der Waals surface area contributed by atoms with E-state index < -0.39 is 0 Å². The Kier molecular flexibility index (Phi) is 2.74. The van der Waals surface area contributed by atoms with Crippen LogP contribution in [0.1, 0.15) is 26.7 Å². The first-order chi connectivity index (χ1) is 6.59. The van der Waals surface area contributed by atoms with Crippen molar-refractivity contribution in [2.24, 2.45) is 17.8 Å². The van der Waals surface area contributed by atoms with Crippen molar-refractivity contribution in [1.29, 1.82) is 0 Å². The Bertz CT molecular complexity index is 243. The summed E-state index contributed by atoms with van der Waals surface area (Å²) in [7, 11) is 0. The molecular weight excluding hydrogens is 198 g/mol. The highest BCUT2D eigenvalue weighted by atomic mass is 35.5. The fraction of sp³-hybridized carbons (Fsp3) is 0.909. The summed E-state index contributed by atoms with van der Waals surface area (Å²) < 4.78 is 0. The van der Waals surface area contributed by atoms with Gasteiger partial charge < -0.3 is 4.90 Å². The molecule has 2 aliphatic rings. The summed E-state index contributed by atoms with van der Waals surface area (Å²) in [5.74, 6) is 1.76. The molecule has 4 atom stereocenters. The molecule has 0 aromatic heterocycles. The number of amides is 1. The molecule has 0 radical (unpaired) electrons. The Morgan fingerprint density at radius 1 is 1.36 bits per heavy atom. The van der Waals surface area contributed by atoms with Crippen molar-refractivity contribution in [2.45, 2.75) is 32.1 Å². The fourth-order valence-corrected chi connectivity index (χ4v) is 2.40. The smallest absolute Gasteiger partial charge is 0.225 e. The molecule has 0 aromatic rings. The van der Waals surface area contributed by atoms with Crippen LogP contribution < -0.4 is 0 Å². The Morgan fingerprint density at radius 2 is 2.00 bits per heavy atom. The molecule has 80 valence electrons. The Balaban J connectivity index is 1.90. The molecule has 2 rings (SSSR count). The van der Waals surface area contributed by atoms with Crippen LogP contribution in [0.3, 0.4) is 0 Å². The lowest BCUT2D eigenvalue weighted by atomic mass is 9.99. The minimum absolute atomic E-state index is 0.260. The third kappa shape index (κ3) is 1.90. The molecule has 1 amide bonds. The normalized spacial score (nSPS) is 42.4. The summed E-state index contributed by atoms with van der Waals surface area (Å²) in [6.45, 7) is 6.00. The molecule has 2 fully saturated rings. The summed E-state index contributed by atoms with van der Waals surface area (Å²) >= 11 is 6.12. The van der Waals surface area contributed by atoms with Crippen molar-refractivity contribution < 1.29 is 4.79 Å². The van der Waals surface area contributed by atoms with E-state index in [9.17, 15) is 4.79 Å². The zero-order valence-electron chi connectivity index (χ0n) is 8.87. The van der Waals surface area contributed by atoms with Crippen molar-refractivity contribution in [3.63, 3.8) is 0 Å². The van der Waals surface area contributed by atoms with Gasteiger partial charge in [0.15, 0.2) is 0 Å². The lowest BCUT2D eigenvalue weighted by molar-refractivity contribution is -0.134. The summed E-state index contributed by atoms with van der Waals surface area (Å²) in [6.07, 6.45) is 2.05. The van der Waals surface area contributed by atoms with Gasteiger partial charge in [-0.2, -0.15) is 0 Å². The predicted molar refractivity (Wildman–Crippen MR) is 57.3 cm³/mol. The summed E-state index contributed by atoms with van der Waals surface area (Å²) in [5.41, 5.74) is 0. The molecule has 4 unspecified atom stereocenters. The van der Waals surface area contributed by atoms with E-state index in [-0.39, 0.29) is 5.38 Å². The first kappa shape index (κ1) is 10.3. The molecule has 3 heteroatoms. The highest BCUT2D eigenvalue weighted by molar-refractivity contribution is 6.20. The predicted octanol–water partition coefficient (Wildman–Crippen LogP) is 2.12. The van der Waals surface area contributed by atoms with Crippen LogP contribution in [-0.2, 0) is 4.79 Å². The van der Waals surface area contributed by atoms with E-state index in [0.717, 1.165) is 25.9 Å². The lowest BCUT2D eigenvalue weighted by Gasteiger charge is -2.34. The maximum absolute atomic E-state index is 11.9. The first-order valence-electron chi connectivity index (χ1n) is 5.52. The van der Waals surface area contributed by atoms with Crippen LogP contribution in [0.15, 0.2) is 0 Å². The van der Waals surface area contributed by atoms with Crippen LogP contribution in [0.2, 0.25) is 0 Å². The maximum atomic E-state index is 11.9. The number of piperidine rings is 1. The van der Waals surface area contributed by atoms with Crippen molar-refractivity contribution >= 4 is 17.5 Å². The van der Waals surface area contributed by atoms with E-state index in [1.165, 1.54) is 0 Å². The SMILES string of the molecule is CC1CN(C(=O)C2CC2C)CCC1Cl. The minimum atomic E-state index is 0.260. The molecule has 1 saturated heterocycles. The summed E-state index contributed by atoms with van der Waals surface area (Å²) in [6, 6.07) is 0. The van der Waals surface area contributed by atoms with Crippen LogP contribution in [0, 0.1) is 17.8 Å². The molecule has 1 aliphatic heterocycles. The van der Waals surface area contributed by atoms with Crippen molar-refractivity contribution in [3.05, 3.63) is 0 Å². The number of carbonyl (C=O) groups excluding carboxylic acids is 1. The molecule has 0 aromatic carbocycles. The zero-order chi connectivity index (χ0) is 10.3. The van der Waals surface area contributed by atoms with Crippen molar-refractivity contribution in [1.82, 2.24) is 4.90 Å². The molecule has 14 heavy (non-hydrogen) atoms. The highest BCUT2D eigenvalue weighted by Crippen LogP contribution is 2.40. The third-order valence-corrected chi connectivity index (χ3v) is 4.19. The number of rotatable bonds is 1. The van der Waals surface area contributed by atoms with Crippen LogP contribution >= 0.6 is 11.6 Å². The Morgan fingerprint density at radius 3 is 2.50 bits per heavy atom. The quantitative estimate of drug-likeness (QED) is 0.614. The summed E-state index contributed by atoms with van der Waals surface area (Å²) in [5, 5.41) is 0.260. The number of alkyl halides is 1. The fourth-order valence-electron chi connectivity index (χ4n) is 2.22. The second-order valence-corrected chi connectivity index (χ2v) is 5.45. The van der Waals surface area contributed by atoms with Gasteiger partial charge in [-0.15, -0.1) is 11.6 Å². The first-order valence-corrected chi connectivity index (χ1v) is 5.96. The van der Waals surface area contributed by atoms with Crippen molar-refractivity contribution in [2.75, 3.05) is 13.1 Å². The van der Waals surface area contributed by atoms with E-state index in [4.69, 9.17) is 11.6 Å². The number of hydrogen-bond acceptors (Lipinski definition) is 1. The molecule has 0 N–H and O–H groups in total. The van der Waals surface area contributed by atoms with Gasteiger partial charge in [0, 0.05) is 24.4 Å². The van der Waals surface area contributed by atoms with Gasteiger partial charge >= 0.3 is 0 Å². The molecule has 1 saturated carbocycles. The second kappa shape index (κ2) is 3.73. The number of nitrogens with zero attached hydrogens (tertiary/aromatic N) is 1. The molecule has 2 nitrogen and oxygen atoms in total. The Hall–Kier alpha value is -0.240. The minimum Gasteiger partial charge on any atom is -0.342 e. The average molecular weight is 216 g/mol. The molecule has 0 bridgehead atoms. The highest BCUT2D eigenvalue weighted by Gasteiger charge is 2.42.